The summed E-state index contributed by atoms with van der Waals surface area (Å²) in [6, 6.07) is 1.97. The fraction of sp³-hybridized carbons (Fsp3) is 0.429. The van der Waals surface area contributed by atoms with Crippen molar-refractivity contribution in [1.82, 2.24) is 15.0 Å². The standard InChI is InChI=1S/C19H19ClN4O2.C2H6/c20-16-4-2-1-3-14(16)15-9-11-10-21-19(24-17(11)23-18(15)26)22-12-5-7-13(25)8-6-12;1-2/h3-4,9-10,12H,1-2,5-8H2,(H2,21,22,23,24,26);1-2H3. The van der Waals surface area contributed by atoms with E-state index in [0.717, 1.165) is 36.6 Å². The molecule has 2 aromatic heterocycles. The second-order valence-corrected chi connectivity index (χ2v) is 7.12. The van der Waals surface area contributed by atoms with Crippen molar-refractivity contribution in [3.05, 3.63) is 45.4 Å². The second kappa shape index (κ2) is 9.15. The minimum atomic E-state index is -0.217. The lowest BCUT2D eigenvalue weighted by atomic mass is 9.94. The van der Waals surface area contributed by atoms with Gasteiger partial charge in [0.1, 0.15) is 11.4 Å². The predicted molar refractivity (Wildman–Crippen MR) is 114 cm³/mol. The van der Waals surface area contributed by atoms with Crippen LogP contribution >= 0.6 is 11.6 Å². The molecule has 0 aromatic carbocycles. The first-order valence-corrected chi connectivity index (χ1v) is 10.2. The van der Waals surface area contributed by atoms with Crippen LogP contribution < -0.4 is 10.9 Å². The molecule has 0 radical (unpaired) electrons. The summed E-state index contributed by atoms with van der Waals surface area (Å²) in [5.74, 6) is 0.777. The summed E-state index contributed by atoms with van der Waals surface area (Å²) in [4.78, 5) is 35.5. The second-order valence-electron chi connectivity index (χ2n) is 6.71. The van der Waals surface area contributed by atoms with Crippen molar-refractivity contribution in [2.45, 2.75) is 58.4 Å². The Morgan fingerprint density at radius 3 is 2.57 bits per heavy atom. The summed E-state index contributed by atoms with van der Waals surface area (Å²) in [6.45, 7) is 4.00. The summed E-state index contributed by atoms with van der Waals surface area (Å²) in [5, 5.41) is 4.61. The zero-order valence-electron chi connectivity index (χ0n) is 16.2. The molecule has 1 saturated carbocycles. The fourth-order valence-electron chi connectivity index (χ4n) is 3.41. The number of anilines is 1. The number of carbonyl (C=O) groups excluding carboxylic acids is 1. The van der Waals surface area contributed by atoms with Crippen molar-refractivity contribution in [3.63, 3.8) is 0 Å². The monoisotopic (exact) mass is 400 g/mol. The van der Waals surface area contributed by atoms with Crippen LogP contribution in [0.25, 0.3) is 16.6 Å². The van der Waals surface area contributed by atoms with Crippen molar-refractivity contribution >= 4 is 39.9 Å². The number of nitrogens with zero attached hydrogens (tertiary/aromatic N) is 2. The van der Waals surface area contributed by atoms with E-state index >= 15 is 0 Å². The molecule has 0 spiro atoms. The van der Waals surface area contributed by atoms with E-state index in [1.165, 1.54) is 0 Å². The van der Waals surface area contributed by atoms with Gasteiger partial charge in [-0.3, -0.25) is 9.59 Å². The zero-order chi connectivity index (χ0) is 20.1. The van der Waals surface area contributed by atoms with Gasteiger partial charge in [-0.25, -0.2) is 4.98 Å². The fourth-order valence-corrected chi connectivity index (χ4v) is 3.70. The number of hydrogen-bond acceptors (Lipinski definition) is 5. The van der Waals surface area contributed by atoms with Gasteiger partial charge in [0.15, 0.2) is 0 Å². The minimum absolute atomic E-state index is 0.187. The SMILES string of the molecule is CC.O=C1CCC(Nc2ncc3cc(C4=CCCC=C4Cl)c(=O)[nH]c3n2)CC1. The van der Waals surface area contributed by atoms with Gasteiger partial charge < -0.3 is 10.3 Å². The van der Waals surface area contributed by atoms with E-state index in [1.54, 1.807) is 12.3 Å². The number of nitrogens with one attached hydrogen (secondary N) is 2. The number of fused-ring (bicyclic) bond motifs is 1. The zero-order valence-corrected chi connectivity index (χ0v) is 17.0. The third-order valence-electron chi connectivity index (χ3n) is 4.86. The van der Waals surface area contributed by atoms with Gasteiger partial charge >= 0.3 is 0 Å². The Kier molecular flexibility index (Phi) is 6.62. The molecule has 6 nitrogen and oxygen atoms in total. The molecule has 28 heavy (non-hydrogen) atoms. The van der Waals surface area contributed by atoms with Crippen LogP contribution in [0, 0.1) is 0 Å². The minimum Gasteiger partial charge on any atom is -0.351 e. The molecule has 2 aliphatic rings. The Hall–Kier alpha value is -2.47. The van der Waals surface area contributed by atoms with Gasteiger partial charge in [0.05, 0.1) is 0 Å². The summed E-state index contributed by atoms with van der Waals surface area (Å²) in [6.07, 6.45) is 10.1. The van der Waals surface area contributed by atoms with E-state index in [1.807, 2.05) is 26.0 Å². The number of aromatic nitrogens is 3. The quantitative estimate of drug-likeness (QED) is 0.787. The molecule has 2 heterocycles. The highest BCUT2D eigenvalue weighted by Crippen LogP contribution is 2.30. The maximum Gasteiger partial charge on any atom is 0.257 e. The Bertz CT molecular complexity index is 984. The van der Waals surface area contributed by atoms with Crippen molar-refractivity contribution in [3.8, 4) is 0 Å². The molecule has 2 N–H and O–H groups in total. The molecule has 1 fully saturated rings. The van der Waals surface area contributed by atoms with Crippen LogP contribution in [0.2, 0.25) is 0 Å². The molecule has 0 aliphatic heterocycles. The Morgan fingerprint density at radius 1 is 1.14 bits per heavy atom. The molecular formula is C21H25ClN4O2. The van der Waals surface area contributed by atoms with Crippen molar-refractivity contribution in [2.75, 3.05) is 5.32 Å². The molecule has 148 valence electrons. The lowest BCUT2D eigenvalue weighted by molar-refractivity contribution is -0.120. The third-order valence-corrected chi connectivity index (χ3v) is 5.21. The largest absolute Gasteiger partial charge is 0.351 e. The average Bonchev–Trinajstić information content (AvgIpc) is 2.71. The Labute approximate surface area is 169 Å². The number of rotatable bonds is 3. The van der Waals surface area contributed by atoms with Crippen LogP contribution in [0.15, 0.2) is 34.2 Å². The summed E-state index contributed by atoms with van der Waals surface area (Å²) >= 11 is 6.26. The molecule has 7 heteroatoms. The first-order valence-electron chi connectivity index (χ1n) is 9.85. The topological polar surface area (TPSA) is 87.7 Å². The van der Waals surface area contributed by atoms with Crippen molar-refractivity contribution < 1.29 is 4.79 Å². The van der Waals surface area contributed by atoms with Crippen LogP contribution in [-0.4, -0.2) is 26.8 Å². The smallest absolute Gasteiger partial charge is 0.257 e. The van der Waals surface area contributed by atoms with Crippen LogP contribution in [-0.2, 0) is 4.79 Å². The van der Waals surface area contributed by atoms with Crippen LogP contribution in [0.4, 0.5) is 5.95 Å². The highest BCUT2D eigenvalue weighted by molar-refractivity contribution is 6.37. The van der Waals surface area contributed by atoms with Gasteiger partial charge in [-0.1, -0.05) is 37.6 Å². The maximum atomic E-state index is 12.5. The molecular weight excluding hydrogens is 376 g/mol. The van der Waals surface area contributed by atoms with Crippen molar-refractivity contribution in [2.24, 2.45) is 0 Å². The predicted octanol–water partition coefficient (Wildman–Crippen LogP) is 4.57. The van der Waals surface area contributed by atoms with Gasteiger partial charge in [0, 0.05) is 46.6 Å². The van der Waals surface area contributed by atoms with Crippen LogP contribution in [0.3, 0.4) is 0 Å². The van der Waals surface area contributed by atoms with Gasteiger partial charge in [-0.05, 0) is 31.7 Å². The number of aromatic amines is 1. The molecule has 2 aliphatic carbocycles. The molecule has 0 bridgehead atoms. The number of pyridine rings is 1. The van der Waals surface area contributed by atoms with Crippen LogP contribution in [0.1, 0.15) is 57.9 Å². The lowest BCUT2D eigenvalue weighted by Gasteiger charge is -2.22. The highest BCUT2D eigenvalue weighted by Gasteiger charge is 2.19. The van der Waals surface area contributed by atoms with E-state index in [9.17, 15) is 9.59 Å². The summed E-state index contributed by atoms with van der Waals surface area (Å²) in [5.41, 5.74) is 1.56. The van der Waals surface area contributed by atoms with Gasteiger partial charge in [-0.2, -0.15) is 4.98 Å². The molecule has 0 amide bonds. The summed E-state index contributed by atoms with van der Waals surface area (Å²) < 4.78 is 0. The van der Waals surface area contributed by atoms with Gasteiger partial charge in [0.25, 0.3) is 5.56 Å². The van der Waals surface area contributed by atoms with E-state index in [0.29, 0.717) is 40.8 Å². The molecule has 0 atom stereocenters. The number of allylic oxidation sites excluding steroid dienone is 4. The maximum absolute atomic E-state index is 12.5. The van der Waals surface area contributed by atoms with Gasteiger partial charge in [-0.15, -0.1) is 0 Å². The third kappa shape index (κ3) is 4.50. The van der Waals surface area contributed by atoms with Gasteiger partial charge in [0.2, 0.25) is 5.95 Å². The Balaban J connectivity index is 0.00000109. The van der Waals surface area contributed by atoms with E-state index in [-0.39, 0.29) is 11.6 Å². The number of H-pyrrole nitrogens is 1. The first-order chi connectivity index (χ1) is 13.6. The van der Waals surface area contributed by atoms with Crippen molar-refractivity contribution in [1.29, 1.82) is 0 Å². The molecule has 2 aromatic rings. The molecule has 0 unspecified atom stereocenters. The molecule has 0 saturated heterocycles. The van der Waals surface area contributed by atoms with E-state index in [2.05, 4.69) is 20.3 Å². The average molecular weight is 401 g/mol. The normalized spacial score (nSPS) is 17.5. The number of ketones is 1. The van der Waals surface area contributed by atoms with Crippen LogP contribution in [0.5, 0.6) is 0 Å². The first kappa shape index (κ1) is 20.3. The highest BCUT2D eigenvalue weighted by atomic mass is 35.5. The Morgan fingerprint density at radius 2 is 1.86 bits per heavy atom. The molecule has 4 rings (SSSR count). The van der Waals surface area contributed by atoms with E-state index in [4.69, 9.17) is 11.6 Å². The lowest BCUT2D eigenvalue weighted by Crippen LogP contribution is -2.27. The number of Topliss-reactive ketones (excluding diaryl/α,β-unsaturated/α-hetero) is 1. The summed E-state index contributed by atoms with van der Waals surface area (Å²) in [7, 11) is 0. The van der Waals surface area contributed by atoms with E-state index < -0.39 is 0 Å². The number of carbonyl (C=O) groups is 1. The number of hydrogen-bond donors (Lipinski definition) is 2. The number of halogens is 1.